The van der Waals surface area contributed by atoms with Gasteiger partial charge in [-0.15, -0.1) is 12.3 Å². The summed E-state index contributed by atoms with van der Waals surface area (Å²) in [6.07, 6.45) is 5.38. The highest BCUT2D eigenvalue weighted by atomic mass is 28.3. The van der Waals surface area contributed by atoms with Crippen LogP contribution in [0.1, 0.15) is 13.8 Å². The first-order valence-corrected chi connectivity index (χ1v) is 6.79. The second kappa shape index (κ2) is 2.19. The molecule has 0 heterocycles. The SMILES string of the molecule is C#CC(C)(C)[Si](C)(C)C. The van der Waals surface area contributed by atoms with E-state index in [1.807, 2.05) is 0 Å². The quantitative estimate of drug-likeness (QED) is 0.388. The number of hydrogen-bond donors (Lipinski definition) is 0. The van der Waals surface area contributed by atoms with Gasteiger partial charge in [-0.05, 0) is 0 Å². The lowest BCUT2D eigenvalue weighted by atomic mass is 10.2. The Morgan fingerprint density at radius 1 is 1.22 bits per heavy atom. The van der Waals surface area contributed by atoms with Gasteiger partial charge in [0.2, 0.25) is 0 Å². The predicted molar refractivity (Wildman–Crippen MR) is 46.2 cm³/mol. The zero-order valence-corrected chi connectivity index (χ0v) is 8.08. The first-order valence-electron chi connectivity index (χ1n) is 3.29. The van der Waals surface area contributed by atoms with E-state index in [1.54, 1.807) is 0 Å². The van der Waals surface area contributed by atoms with Crippen molar-refractivity contribution in [3.05, 3.63) is 0 Å². The molecule has 0 atom stereocenters. The van der Waals surface area contributed by atoms with E-state index in [0.717, 1.165) is 0 Å². The van der Waals surface area contributed by atoms with Crippen LogP contribution in [0.3, 0.4) is 0 Å². The van der Waals surface area contributed by atoms with Crippen LogP contribution in [0.5, 0.6) is 0 Å². The van der Waals surface area contributed by atoms with Gasteiger partial charge in [-0.2, -0.15) is 0 Å². The van der Waals surface area contributed by atoms with Crippen LogP contribution in [0.2, 0.25) is 24.7 Å². The van der Waals surface area contributed by atoms with Crippen molar-refractivity contribution < 1.29 is 0 Å². The van der Waals surface area contributed by atoms with E-state index in [1.165, 1.54) is 0 Å². The van der Waals surface area contributed by atoms with Gasteiger partial charge in [0, 0.05) is 5.04 Å². The molecule has 0 aromatic carbocycles. The Morgan fingerprint density at radius 2 is 1.56 bits per heavy atom. The molecule has 9 heavy (non-hydrogen) atoms. The van der Waals surface area contributed by atoms with Crippen LogP contribution in [0.15, 0.2) is 0 Å². The Balaban J connectivity index is 4.39. The van der Waals surface area contributed by atoms with Crippen molar-refractivity contribution in [2.24, 2.45) is 0 Å². The average Bonchev–Trinajstić information content (AvgIpc) is 1.64. The lowest BCUT2D eigenvalue weighted by molar-refractivity contribution is 0.844. The minimum Gasteiger partial charge on any atom is -0.120 e. The molecule has 52 valence electrons. The van der Waals surface area contributed by atoms with Gasteiger partial charge in [0.05, 0.1) is 8.07 Å². The Hall–Kier alpha value is -0.223. The zero-order chi connectivity index (χ0) is 7.71. The summed E-state index contributed by atoms with van der Waals surface area (Å²) in [4.78, 5) is 0. The van der Waals surface area contributed by atoms with Crippen molar-refractivity contribution in [3.8, 4) is 12.3 Å². The third-order valence-corrected chi connectivity index (χ3v) is 6.13. The molecule has 0 rings (SSSR count). The molecule has 0 unspecified atom stereocenters. The number of rotatable bonds is 1. The number of hydrogen-bond acceptors (Lipinski definition) is 0. The molecule has 0 nitrogen and oxygen atoms in total. The van der Waals surface area contributed by atoms with Gasteiger partial charge >= 0.3 is 0 Å². The van der Waals surface area contributed by atoms with E-state index in [0.29, 0.717) is 0 Å². The highest BCUT2D eigenvalue weighted by Crippen LogP contribution is 2.35. The highest BCUT2D eigenvalue weighted by molar-refractivity contribution is 6.79. The molecule has 0 aliphatic rings. The Labute approximate surface area is 59.7 Å². The fourth-order valence-electron chi connectivity index (χ4n) is 0.217. The lowest BCUT2D eigenvalue weighted by Crippen LogP contribution is -2.33. The van der Waals surface area contributed by atoms with Crippen LogP contribution in [-0.2, 0) is 0 Å². The van der Waals surface area contributed by atoms with Crippen LogP contribution in [0, 0.1) is 12.3 Å². The second-order valence-corrected chi connectivity index (χ2v) is 9.77. The molecule has 0 spiro atoms. The molecule has 0 saturated carbocycles. The monoisotopic (exact) mass is 140 g/mol. The van der Waals surface area contributed by atoms with E-state index in [-0.39, 0.29) is 5.04 Å². The fourth-order valence-corrected chi connectivity index (χ4v) is 0.650. The molecule has 0 aliphatic heterocycles. The summed E-state index contributed by atoms with van der Waals surface area (Å²) in [5.74, 6) is 2.84. The van der Waals surface area contributed by atoms with Gasteiger partial charge in [0.15, 0.2) is 0 Å². The van der Waals surface area contributed by atoms with E-state index in [2.05, 4.69) is 39.4 Å². The highest BCUT2D eigenvalue weighted by Gasteiger charge is 2.32. The third kappa shape index (κ3) is 1.87. The maximum atomic E-state index is 5.38. The second-order valence-electron chi connectivity index (χ2n) is 4.02. The molecule has 0 aromatic rings. The molecule has 1 heteroatoms. The Kier molecular flexibility index (Phi) is 2.13. The summed E-state index contributed by atoms with van der Waals surface area (Å²) < 4.78 is 0. The Morgan fingerprint density at radius 3 is 1.56 bits per heavy atom. The lowest BCUT2D eigenvalue weighted by Gasteiger charge is -2.31. The smallest absolute Gasteiger partial charge is 0.0644 e. The summed E-state index contributed by atoms with van der Waals surface area (Å²) in [6, 6.07) is 0. The summed E-state index contributed by atoms with van der Waals surface area (Å²) in [7, 11) is -1.12. The summed E-state index contributed by atoms with van der Waals surface area (Å²) in [5.41, 5.74) is 0. The average molecular weight is 140 g/mol. The fraction of sp³-hybridized carbons (Fsp3) is 0.750. The molecule has 0 aliphatic carbocycles. The zero-order valence-electron chi connectivity index (χ0n) is 7.08. The maximum Gasteiger partial charge on any atom is 0.0644 e. The van der Waals surface area contributed by atoms with Crippen molar-refractivity contribution >= 4 is 8.07 Å². The molecular formula is C8H16Si. The van der Waals surface area contributed by atoms with Crippen molar-refractivity contribution in [1.29, 1.82) is 0 Å². The van der Waals surface area contributed by atoms with Crippen LogP contribution in [0.25, 0.3) is 0 Å². The van der Waals surface area contributed by atoms with E-state index in [9.17, 15) is 0 Å². The van der Waals surface area contributed by atoms with Gasteiger partial charge in [-0.3, -0.25) is 0 Å². The topological polar surface area (TPSA) is 0 Å². The minimum absolute atomic E-state index is 0.146. The van der Waals surface area contributed by atoms with Gasteiger partial charge in [0.25, 0.3) is 0 Å². The largest absolute Gasteiger partial charge is 0.120 e. The van der Waals surface area contributed by atoms with E-state index < -0.39 is 8.07 Å². The summed E-state index contributed by atoms with van der Waals surface area (Å²) in [6.45, 7) is 11.2. The van der Waals surface area contributed by atoms with Crippen LogP contribution in [0.4, 0.5) is 0 Å². The van der Waals surface area contributed by atoms with Crippen LogP contribution < -0.4 is 0 Å². The molecule has 0 fully saturated rings. The standard InChI is InChI=1S/C8H16Si/c1-7-8(2,3)9(4,5)6/h1H,2-6H3. The van der Waals surface area contributed by atoms with Gasteiger partial charge < -0.3 is 0 Å². The van der Waals surface area contributed by atoms with Crippen molar-refractivity contribution in [1.82, 2.24) is 0 Å². The van der Waals surface area contributed by atoms with Gasteiger partial charge in [-0.25, -0.2) is 0 Å². The first kappa shape index (κ1) is 8.78. The number of terminal acetylenes is 1. The normalized spacial score (nSPS) is 12.9. The minimum atomic E-state index is -1.12. The van der Waals surface area contributed by atoms with Gasteiger partial charge in [-0.1, -0.05) is 33.5 Å². The summed E-state index contributed by atoms with van der Waals surface area (Å²) in [5, 5.41) is 0.146. The van der Waals surface area contributed by atoms with E-state index in [4.69, 9.17) is 6.42 Å². The van der Waals surface area contributed by atoms with Crippen molar-refractivity contribution in [3.63, 3.8) is 0 Å². The molecule has 0 saturated heterocycles. The molecule has 0 amide bonds. The molecule has 0 N–H and O–H groups in total. The molecule has 0 radical (unpaired) electrons. The Bertz CT molecular complexity index is 132. The van der Waals surface area contributed by atoms with Gasteiger partial charge in [0.1, 0.15) is 0 Å². The van der Waals surface area contributed by atoms with Crippen molar-refractivity contribution in [2.45, 2.75) is 38.5 Å². The predicted octanol–water partition coefficient (Wildman–Crippen LogP) is 2.74. The van der Waals surface area contributed by atoms with E-state index >= 15 is 0 Å². The van der Waals surface area contributed by atoms with Crippen LogP contribution >= 0.6 is 0 Å². The maximum absolute atomic E-state index is 5.38. The van der Waals surface area contributed by atoms with Crippen molar-refractivity contribution in [2.75, 3.05) is 0 Å². The molecular weight excluding hydrogens is 124 g/mol. The third-order valence-electron chi connectivity index (χ3n) is 2.24. The van der Waals surface area contributed by atoms with Crippen LogP contribution in [-0.4, -0.2) is 8.07 Å². The molecule has 0 aromatic heterocycles. The summed E-state index contributed by atoms with van der Waals surface area (Å²) >= 11 is 0. The molecule has 0 bridgehead atoms. The first-order chi connectivity index (χ1) is 3.81.